The molecule has 2 amide bonds. The molecule has 2 heterocycles. The topological polar surface area (TPSA) is 86.7 Å². The highest BCUT2D eigenvalue weighted by atomic mass is 32.1. The van der Waals surface area contributed by atoms with Crippen LogP contribution < -0.4 is 5.32 Å². The van der Waals surface area contributed by atoms with Gasteiger partial charge in [-0.1, -0.05) is 32.0 Å². The molecular formula is C27H33F3N2O4S. The molecule has 0 bridgehead atoms. The van der Waals surface area contributed by atoms with Gasteiger partial charge in [-0.3, -0.25) is 14.4 Å². The van der Waals surface area contributed by atoms with Crippen molar-refractivity contribution in [3.05, 3.63) is 46.3 Å². The number of rotatable bonds is 9. The Morgan fingerprint density at radius 3 is 2.41 bits per heavy atom. The van der Waals surface area contributed by atoms with Crippen molar-refractivity contribution >= 4 is 29.1 Å². The fourth-order valence-electron chi connectivity index (χ4n) is 4.84. The first-order chi connectivity index (χ1) is 17.3. The smallest absolute Gasteiger partial charge is 0.392 e. The number of thiophene rings is 1. The number of carboxylic acids is 1. The maximum atomic E-state index is 13.4. The van der Waals surface area contributed by atoms with Crippen LogP contribution >= 0.6 is 11.3 Å². The van der Waals surface area contributed by atoms with E-state index in [0.29, 0.717) is 5.56 Å². The van der Waals surface area contributed by atoms with Gasteiger partial charge in [0.05, 0.1) is 18.4 Å². The van der Waals surface area contributed by atoms with Gasteiger partial charge >= 0.3 is 12.1 Å². The van der Waals surface area contributed by atoms with Gasteiger partial charge < -0.3 is 15.3 Å². The highest BCUT2D eigenvalue weighted by Gasteiger charge is 2.46. The molecule has 0 saturated carbocycles. The van der Waals surface area contributed by atoms with Gasteiger partial charge in [0.1, 0.15) is 6.04 Å². The fourth-order valence-corrected chi connectivity index (χ4v) is 5.98. The molecule has 0 spiro atoms. The van der Waals surface area contributed by atoms with Gasteiger partial charge in [0.25, 0.3) is 0 Å². The van der Waals surface area contributed by atoms with Gasteiger partial charge in [0, 0.05) is 17.8 Å². The van der Waals surface area contributed by atoms with Crippen LogP contribution in [0.4, 0.5) is 13.2 Å². The Bertz CT molecular complexity index is 1120. The van der Waals surface area contributed by atoms with Crippen molar-refractivity contribution < 1.29 is 32.7 Å². The number of carbonyl (C=O) groups is 3. The lowest BCUT2D eigenvalue weighted by atomic mass is 9.92. The molecule has 2 aromatic rings. The first-order valence-electron chi connectivity index (χ1n) is 12.3. The summed E-state index contributed by atoms with van der Waals surface area (Å²) >= 11 is 1.45. The standard InChI is InChI=1S/C27H33F3N2O4S/c1-15(2)10-21(32-9-8-19(12-23(32)33)27(28,29)30)26(36)31-20(13-24(34)35)18-11-22(37-14-18)25-16(3)6-5-7-17(25)4/h5-7,11,14-15,19-21H,8-10,12-13H2,1-4H3,(H,31,36)(H,34,35)/t19-,20-,21+/m0/s1. The van der Waals surface area contributed by atoms with Gasteiger partial charge in [0.2, 0.25) is 11.8 Å². The van der Waals surface area contributed by atoms with E-state index in [-0.39, 0.29) is 31.7 Å². The van der Waals surface area contributed by atoms with Gasteiger partial charge in [-0.05, 0) is 66.3 Å². The average molecular weight is 539 g/mol. The molecule has 0 unspecified atom stereocenters. The number of nitrogens with one attached hydrogen (secondary N) is 1. The lowest BCUT2D eigenvalue weighted by Crippen LogP contribution is -2.54. The van der Waals surface area contributed by atoms with Crippen LogP contribution in [-0.2, 0) is 14.4 Å². The van der Waals surface area contributed by atoms with E-state index in [1.54, 1.807) is 0 Å². The molecule has 1 aliphatic rings. The van der Waals surface area contributed by atoms with Crippen LogP contribution in [0.3, 0.4) is 0 Å². The number of piperidine rings is 1. The van der Waals surface area contributed by atoms with E-state index < -0.39 is 48.4 Å². The molecule has 37 heavy (non-hydrogen) atoms. The second-order valence-electron chi connectivity index (χ2n) is 10.1. The van der Waals surface area contributed by atoms with Gasteiger partial charge in [-0.2, -0.15) is 13.2 Å². The Labute approximate surface area is 218 Å². The third-order valence-electron chi connectivity index (χ3n) is 6.74. The quantitative estimate of drug-likeness (QED) is 0.418. The normalized spacial score (nSPS) is 18.1. The maximum absolute atomic E-state index is 13.4. The molecule has 202 valence electrons. The summed E-state index contributed by atoms with van der Waals surface area (Å²) in [4.78, 5) is 40.0. The van der Waals surface area contributed by atoms with Crippen LogP contribution in [-0.4, -0.2) is 46.6 Å². The van der Waals surface area contributed by atoms with E-state index in [0.717, 1.165) is 21.6 Å². The molecule has 3 atom stereocenters. The number of hydrogen-bond acceptors (Lipinski definition) is 4. The number of aryl methyl sites for hydroxylation is 2. The summed E-state index contributed by atoms with van der Waals surface area (Å²) in [5, 5.41) is 14.1. The van der Waals surface area contributed by atoms with Crippen LogP contribution in [0.25, 0.3) is 10.4 Å². The van der Waals surface area contributed by atoms with Crippen LogP contribution in [0.2, 0.25) is 0 Å². The fraction of sp³-hybridized carbons (Fsp3) is 0.519. The summed E-state index contributed by atoms with van der Waals surface area (Å²) < 4.78 is 39.5. The second kappa shape index (κ2) is 11.7. The zero-order valence-electron chi connectivity index (χ0n) is 21.4. The van der Waals surface area contributed by atoms with E-state index in [4.69, 9.17) is 0 Å². The molecule has 3 rings (SSSR count). The molecule has 1 fully saturated rings. The van der Waals surface area contributed by atoms with Crippen molar-refractivity contribution in [3.63, 3.8) is 0 Å². The minimum atomic E-state index is -4.46. The Hall–Kier alpha value is -2.88. The largest absolute Gasteiger partial charge is 0.481 e. The average Bonchev–Trinajstić information content (AvgIpc) is 3.25. The maximum Gasteiger partial charge on any atom is 0.392 e. The zero-order chi connectivity index (χ0) is 27.5. The van der Waals surface area contributed by atoms with Gasteiger partial charge in [0.15, 0.2) is 0 Å². The molecular weight excluding hydrogens is 505 g/mol. The number of amides is 2. The van der Waals surface area contributed by atoms with Crippen LogP contribution in [0.1, 0.15) is 62.3 Å². The van der Waals surface area contributed by atoms with Crippen LogP contribution in [0.15, 0.2) is 29.6 Å². The molecule has 6 nitrogen and oxygen atoms in total. The lowest BCUT2D eigenvalue weighted by molar-refractivity contribution is -0.191. The third-order valence-corrected chi connectivity index (χ3v) is 7.71. The number of benzene rings is 1. The number of carbonyl (C=O) groups excluding carboxylic acids is 2. The number of alkyl halides is 3. The van der Waals surface area contributed by atoms with Crippen molar-refractivity contribution in [2.75, 3.05) is 6.54 Å². The van der Waals surface area contributed by atoms with Crippen molar-refractivity contribution in [2.45, 2.75) is 71.6 Å². The predicted molar refractivity (Wildman–Crippen MR) is 136 cm³/mol. The molecule has 10 heteroatoms. The minimum absolute atomic E-state index is 0.0152. The number of carboxylic acid groups (broad SMARTS) is 1. The van der Waals surface area contributed by atoms with Crippen molar-refractivity contribution in [1.82, 2.24) is 10.2 Å². The summed E-state index contributed by atoms with van der Waals surface area (Å²) in [6, 6.07) is 5.99. The summed E-state index contributed by atoms with van der Waals surface area (Å²) in [5.74, 6) is -4.10. The Morgan fingerprint density at radius 1 is 1.22 bits per heavy atom. The molecule has 0 radical (unpaired) electrons. The molecule has 1 saturated heterocycles. The van der Waals surface area contributed by atoms with Crippen molar-refractivity contribution in [2.24, 2.45) is 11.8 Å². The monoisotopic (exact) mass is 538 g/mol. The lowest BCUT2D eigenvalue weighted by Gasteiger charge is -2.38. The summed E-state index contributed by atoms with van der Waals surface area (Å²) in [7, 11) is 0. The molecule has 2 N–H and O–H groups in total. The second-order valence-corrected chi connectivity index (χ2v) is 11.0. The van der Waals surface area contributed by atoms with Crippen LogP contribution in [0, 0.1) is 25.7 Å². The van der Waals surface area contributed by atoms with E-state index in [9.17, 15) is 32.7 Å². The predicted octanol–water partition coefficient (Wildman–Crippen LogP) is 5.88. The molecule has 1 aromatic heterocycles. The first-order valence-corrected chi connectivity index (χ1v) is 13.2. The van der Waals surface area contributed by atoms with E-state index >= 15 is 0 Å². The molecule has 0 aliphatic carbocycles. The SMILES string of the molecule is Cc1cccc(C)c1-c1cc([C@H](CC(=O)O)NC(=O)[C@@H](CC(C)C)N2CC[C@H](C(F)(F)F)CC2=O)cs1. The van der Waals surface area contributed by atoms with Crippen LogP contribution in [0.5, 0.6) is 0 Å². The number of halogens is 3. The Balaban J connectivity index is 1.85. The van der Waals surface area contributed by atoms with Crippen molar-refractivity contribution in [3.8, 4) is 10.4 Å². The molecule has 1 aliphatic heterocycles. The number of likely N-dealkylation sites (tertiary alicyclic amines) is 1. The van der Waals surface area contributed by atoms with Gasteiger partial charge in [-0.25, -0.2) is 0 Å². The van der Waals surface area contributed by atoms with Gasteiger partial charge in [-0.15, -0.1) is 11.3 Å². The minimum Gasteiger partial charge on any atom is -0.481 e. The number of nitrogens with zero attached hydrogens (tertiary/aromatic N) is 1. The molecule has 1 aromatic carbocycles. The van der Waals surface area contributed by atoms with E-state index in [1.165, 1.54) is 16.2 Å². The van der Waals surface area contributed by atoms with E-state index in [1.807, 2.05) is 57.3 Å². The summed E-state index contributed by atoms with van der Waals surface area (Å²) in [5.41, 5.74) is 3.83. The number of aliphatic carboxylic acids is 1. The Morgan fingerprint density at radius 2 is 1.86 bits per heavy atom. The summed E-state index contributed by atoms with van der Waals surface area (Å²) in [6.45, 7) is 7.53. The van der Waals surface area contributed by atoms with Crippen molar-refractivity contribution in [1.29, 1.82) is 0 Å². The Kier molecular flexibility index (Phi) is 9.05. The van der Waals surface area contributed by atoms with E-state index in [2.05, 4.69) is 5.32 Å². The first kappa shape index (κ1) is 28.7. The number of hydrogen-bond donors (Lipinski definition) is 2. The zero-order valence-corrected chi connectivity index (χ0v) is 22.2. The highest BCUT2D eigenvalue weighted by Crippen LogP contribution is 2.37. The highest BCUT2D eigenvalue weighted by molar-refractivity contribution is 7.13. The summed E-state index contributed by atoms with van der Waals surface area (Å²) in [6.07, 6.45) is -5.53. The third kappa shape index (κ3) is 7.12.